The Morgan fingerprint density at radius 1 is 1.15 bits per heavy atom. The fourth-order valence-electron chi connectivity index (χ4n) is 5.22. The molecule has 0 aliphatic heterocycles. The van der Waals surface area contributed by atoms with Gasteiger partial charge in [-0.3, -0.25) is 0 Å². The van der Waals surface area contributed by atoms with Gasteiger partial charge >= 0.3 is 5.97 Å². The van der Waals surface area contributed by atoms with E-state index in [1.54, 1.807) is 11.8 Å². The second kappa shape index (κ2) is 11.3. The molecule has 0 bridgehead atoms. The Morgan fingerprint density at radius 2 is 1.85 bits per heavy atom. The predicted octanol–water partition coefficient (Wildman–Crippen LogP) is 2.86. The molecule has 4 nitrogen and oxygen atoms in total. The number of thioether (sulfide) groups is 1. The van der Waals surface area contributed by atoms with Crippen LogP contribution in [0.3, 0.4) is 0 Å². The summed E-state index contributed by atoms with van der Waals surface area (Å²) in [6.45, 7) is 6.98. The third-order valence-electron chi connectivity index (χ3n) is 6.99. The minimum Gasteiger partial charge on any atom is -1.00 e. The van der Waals surface area contributed by atoms with E-state index in [9.17, 15) is 4.79 Å². The molecule has 1 aromatic heterocycles. The van der Waals surface area contributed by atoms with Gasteiger partial charge in [0.1, 0.15) is 6.10 Å². The van der Waals surface area contributed by atoms with E-state index < -0.39 is 0 Å². The molecule has 3 atom stereocenters. The number of hydrogen-bond acceptors (Lipinski definition) is 3. The number of ether oxygens (including phenoxy) is 1. The highest BCUT2D eigenvalue weighted by atomic mass is 127. The van der Waals surface area contributed by atoms with Crippen LogP contribution in [0.5, 0.6) is 0 Å². The molecule has 0 spiro atoms. The van der Waals surface area contributed by atoms with Crippen LogP contribution in [0.1, 0.15) is 40.0 Å². The van der Waals surface area contributed by atoms with Crippen molar-refractivity contribution in [1.29, 1.82) is 0 Å². The van der Waals surface area contributed by atoms with Crippen molar-refractivity contribution >= 4 is 28.8 Å². The van der Waals surface area contributed by atoms with Crippen molar-refractivity contribution < 1.29 is 38.1 Å². The fourth-order valence-corrected chi connectivity index (χ4v) is 5.63. The molecule has 3 aromatic rings. The summed E-state index contributed by atoms with van der Waals surface area (Å²) >= 11 is 1.73. The first-order chi connectivity index (χ1) is 15.4. The van der Waals surface area contributed by atoms with E-state index in [-0.39, 0.29) is 42.6 Å². The third kappa shape index (κ3) is 5.59. The molecule has 1 aliphatic rings. The zero-order chi connectivity index (χ0) is 22.8. The third-order valence-corrected chi connectivity index (χ3v) is 7.73. The lowest BCUT2D eigenvalue weighted by Crippen LogP contribution is -3.00. The summed E-state index contributed by atoms with van der Waals surface area (Å²) in [4.78, 5) is 14.5. The SMILES string of the molecule is CSc1ccc(-c2n(CC(=O)OC3C[C@H](C)CC[C@H]3C(C)C)c3ccccc3[n+]2C)cc1.[I-]. The molecule has 2 aromatic carbocycles. The maximum Gasteiger partial charge on any atom is 0.348 e. The Balaban J connectivity index is 0.00000306. The van der Waals surface area contributed by atoms with Crippen molar-refractivity contribution in [2.45, 2.75) is 57.6 Å². The van der Waals surface area contributed by atoms with Gasteiger partial charge in [0.25, 0.3) is 5.82 Å². The first-order valence-electron chi connectivity index (χ1n) is 11.7. The zero-order valence-electron chi connectivity index (χ0n) is 20.3. The number of fused-ring (bicyclic) bond motifs is 1. The largest absolute Gasteiger partial charge is 1.00 e. The number of aryl methyl sites for hydroxylation is 1. The standard InChI is InChI=1S/C27H35N2O2S.HI/c1-18(2)22-15-10-19(3)16-25(22)31-26(30)17-29-24-9-7-6-8-23(24)28(4)27(29)20-11-13-21(32-5)14-12-20;/h6-9,11-14,18-19,22,25H,10,15-17H2,1-5H3;1H/q+1;/p-1/t19-,22+,25?;/m1./s1. The molecule has 4 rings (SSSR count). The Bertz CT molecular complexity index is 1090. The first kappa shape index (κ1) is 26.1. The summed E-state index contributed by atoms with van der Waals surface area (Å²) in [5, 5.41) is 0. The molecule has 1 saturated carbocycles. The van der Waals surface area contributed by atoms with E-state index >= 15 is 0 Å². The zero-order valence-corrected chi connectivity index (χ0v) is 23.2. The summed E-state index contributed by atoms with van der Waals surface area (Å²) in [6.07, 6.45) is 5.44. The molecule has 0 radical (unpaired) electrons. The average molecular weight is 579 g/mol. The van der Waals surface area contributed by atoms with Crippen LogP contribution in [0, 0.1) is 17.8 Å². The van der Waals surface area contributed by atoms with Crippen LogP contribution in [0.15, 0.2) is 53.4 Å². The number of rotatable bonds is 6. The Kier molecular flexibility index (Phi) is 8.89. The van der Waals surface area contributed by atoms with Crippen molar-refractivity contribution in [2.75, 3.05) is 6.26 Å². The molecule has 33 heavy (non-hydrogen) atoms. The average Bonchev–Trinajstić information content (AvgIpc) is 3.05. The van der Waals surface area contributed by atoms with Gasteiger partial charge in [0, 0.05) is 4.90 Å². The maximum atomic E-state index is 13.2. The van der Waals surface area contributed by atoms with Crippen molar-refractivity contribution in [2.24, 2.45) is 24.8 Å². The number of imidazole rings is 1. The topological polar surface area (TPSA) is 35.1 Å². The van der Waals surface area contributed by atoms with Gasteiger partial charge in [0.15, 0.2) is 17.6 Å². The molecule has 6 heteroatoms. The van der Waals surface area contributed by atoms with Crippen LogP contribution < -0.4 is 28.5 Å². The molecule has 1 fully saturated rings. The molecule has 1 unspecified atom stereocenters. The summed E-state index contributed by atoms with van der Waals surface area (Å²) in [6, 6.07) is 16.8. The fraction of sp³-hybridized carbons (Fsp3) is 0.481. The summed E-state index contributed by atoms with van der Waals surface area (Å²) in [7, 11) is 2.07. The Hall–Kier alpha value is -1.54. The molecule has 1 aliphatic carbocycles. The second-order valence-electron chi connectivity index (χ2n) is 9.54. The van der Waals surface area contributed by atoms with Crippen molar-refractivity contribution in [1.82, 2.24) is 4.57 Å². The highest BCUT2D eigenvalue weighted by molar-refractivity contribution is 7.98. The lowest BCUT2D eigenvalue weighted by Gasteiger charge is -2.36. The van der Waals surface area contributed by atoms with Crippen LogP contribution in [0.4, 0.5) is 0 Å². The van der Waals surface area contributed by atoms with Crippen molar-refractivity contribution in [3.8, 4) is 11.4 Å². The first-order valence-corrected chi connectivity index (χ1v) is 12.9. The molecule has 1 heterocycles. The van der Waals surface area contributed by atoms with Crippen LogP contribution in [-0.4, -0.2) is 22.9 Å². The minimum absolute atomic E-state index is 0. The minimum atomic E-state index is -0.141. The van der Waals surface area contributed by atoms with Gasteiger partial charge in [-0.25, -0.2) is 13.9 Å². The van der Waals surface area contributed by atoms with Gasteiger partial charge in [-0.2, -0.15) is 0 Å². The smallest absolute Gasteiger partial charge is 0.348 e. The molecule has 0 saturated heterocycles. The lowest BCUT2D eigenvalue weighted by molar-refractivity contribution is -0.634. The van der Waals surface area contributed by atoms with Crippen LogP contribution in [-0.2, 0) is 23.1 Å². The quantitative estimate of drug-likeness (QED) is 0.196. The number of benzene rings is 2. The highest BCUT2D eigenvalue weighted by Crippen LogP contribution is 2.35. The number of carbonyl (C=O) groups is 1. The second-order valence-corrected chi connectivity index (χ2v) is 10.4. The predicted molar refractivity (Wildman–Crippen MR) is 132 cm³/mol. The van der Waals surface area contributed by atoms with Gasteiger partial charge in [0.05, 0.1) is 12.6 Å². The summed E-state index contributed by atoms with van der Waals surface area (Å²) in [5.74, 6) is 2.46. The van der Waals surface area contributed by atoms with E-state index in [1.165, 1.54) is 11.3 Å². The number of hydrogen-bond donors (Lipinski definition) is 0. The number of para-hydroxylation sites is 2. The van der Waals surface area contributed by atoms with E-state index in [0.717, 1.165) is 35.3 Å². The highest BCUT2D eigenvalue weighted by Gasteiger charge is 2.34. The molecule has 178 valence electrons. The monoisotopic (exact) mass is 578 g/mol. The Morgan fingerprint density at radius 3 is 2.52 bits per heavy atom. The molecular formula is C27H35IN2O2S. The molecule has 0 N–H and O–H groups in total. The normalized spacial score (nSPS) is 20.6. The number of halogens is 1. The lowest BCUT2D eigenvalue weighted by atomic mass is 9.75. The number of aromatic nitrogens is 2. The number of carbonyl (C=O) groups excluding carboxylic acids is 1. The van der Waals surface area contributed by atoms with Crippen LogP contribution >= 0.6 is 11.8 Å². The van der Waals surface area contributed by atoms with Gasteiger partial charge in [-0.05, 0) is 73.2 Å². The number of nitrogens with zero attached hydrogens (tertiary/aromatic N) is 2. The van der Waals surface area contributed by atoms with E-state index in [4.69, 9.17) is 4.74 Å². The van der Waals surface area contributed by atoms with Crippen LogP contribution in [0.25, 0.3) is 22.4 Å². The maximum absolute atomic E-state index is 13.2. The Labute approximate surface area is 219 Å². The van der Waals surface area contributed by atoms with E-state index in [1.807, 2.05) is 12.1 Å². The summed E-state index contributed by atoms with van der Waals surface area (Å²) in [5.41, 5.74) is 3.25. The van der Waals surface area contributed by atoms with Gasteiger partial charge in [-0.15, -0.1) is 11.8 Å². The van der Waals surface area contributed by atoms with Crippen molar-refractivity contribution in [3.63, 3.8) is 0 Å². The molecule has 0 amide bonds. The summed E-state index contributed by atoms with van der Waals surface area (Å²) < 4.78 is 10.4. The van der Waals surface area contributed by atoms with Gasteiger partial charge in [-0.1, -0.05) is 39.3 Å². The van der Waals surface area contributed by atoms with Crippen LogP contribution in [0.2, 0.25) is 0 Å². The van der Waals surface area contributed by atoms with Gasteiger partial charge < -0.3 is 28.7 Å². The van der Waals surface area contributed by atoms with Gasteiger partial charge in [0.2, 0.25) is 0 Å². The van der Waals surface area contributed by atoms with E-state index in [2.05, 4.69) is 79.6 Å². The number of esters is 1. The van der Waals surface area contributed by atoms with E-state index in [0.29, 0.717) is 17.8 Å². The van der Waals surface area contributed by atoms with Crippen molar-refractivity contribution in [3.05, 3.63) is 48.5 Å². The molecular weight excluding hydrogens is 543 g/mol.